The van der Waals surface area contributed by atoms with Gasteiger partial charge in [-0.1, -0.05) is 0 Å². The van der Waals surface area contributed by atoms with Crippen molar-refractivity contribution in [1.29, 1.82) is 0 Å². The van der Waals surface area contributed by atoms with Crippen LogP contribution in [0.3, 0.4) is 0 Å². The van der Waals surface area contributed by atoms with Crippen LogP contribution >= 0.6 is 11.6 Å². The molecule has 0 amide bonds. The maximum absolute atomic E-state index is 8.78. The monoisotopic (exact) mass is 209 g/mol. The van der Waals surface area contributed by atoms with Gasteiger partial charge in [0.1, 0.15) is 0 Å². The first-order valence-electron chi connectivity index (χ1n) is 4.71. The molecule has 0 radical (unpaired) electrons. The predicted octanol–water partition coefficient (Wildman–Crippen LogP) is 0.944. The van der Waals surface area contributed by atoms with Crippen molar-refractivity contribution in [2.24, 2.45) is 0 Å². The number of ether oxygens (including phenoxy) is 1. The lowest BCUT2D eigenvalue weighted by atomic mass is 10.3. The standard InChI is InChI=1S/C9H20ClNO2/c1-9(2)11(4-6-12)5-8-13-7-3-10/h9,12H,3-8H2,1-2H3. The third-order valence-electron chi connectivity index (χ3n) is 1.86. The van der Waals surface area contributed by atoms with Crippen molar-refractivity contribution in [3.8, 4) is 0 Å². The number of alkyl halides is 1. The molecule has 0 aliphatic rings. The summed E-state index contributed by atoms with van der Waals surface area (Å²) in [4.78, 5) is 2.17. The summed E-state index contributed by atoms with van der Waals surface area (Å²) >= 11 is 5.46. The van der Waals surface area contributed by atoms with Crippen LogP contribution in [-0.2, 0) is 4.74 Å². The van der Waals surface area contributed by atoms with Crippen LogP contribution in [0.1, 0.15) is 13.8 Å². The number of hydrogen-bond acceptors (Lipinski definition) is 3. The van der Waals surface area contributed by atoms with E-state index in [0.29, 0.717) is 31.7 Å². The van der Waals surface area contributed by atoms with E-state index in [4.69, 9.17) is 21.4 Å². The third-order valence-corrected chi connectivity index (χ3v) is 2.02. The van der Waals surface area contributed by atoms with Crippen molar-refractivity contribution < 1.29 is 9.84 Å². The van der Waals surface area contributed by atoms with Crippen molar-refractivity contribution in [1.82, 2.24) is 4.90 Å². The zero-order chi connectivity index (χ0) is 10.1. The molecule has 0 heterocycles. The zero-order valence-electron chi connectivity index (χ0n) is 8.50. The van der Waals surface area contributed by atoms with Gasteiger partial charge in [-0.15, -0.1) is 11.6 Å². The number of nitrogens with zero attached hydrogens (tertiary/aromatic N) is 1. The Kier molecular flexibility index (Phi) is 8.87. The lowest BCUT2D eigenvalue weighted by molar-refractivity contribution is 0.0907. The molecule has 0 aromatic rings. The number of aliphatic hydroxyl groups is 1. The quantitative estimate of drug-likeness (QED) is 0.477. The Morgan fingerprint density at radius 1 is 1.31 bits per heavy atom. The molecule has 0 spiro atoms. The SMILES string of the molecule is CC(C)N(CCO)CCOCCCl. The largest absolute Gasteiger partial charge is 0.395 e. The van der Waals surface area contributed by atoms with Gasteiger partial charge in [0, 0.05) is 25.0 Å². The van der Waals surface area contributed by atoms with Gasteiger partial charge in [-0.2, -0.15) is 0 Å². The molecule has 0 aromatic heterocycles. The summed E-state index contributed by atoms with van der Waals surface area (Å²) in [5, 5.41) is 8.78. The lowest BCUT2D eigenvalue weighted by Gasteiger charge is -2.25. The molecule has 0 bridgehead atoms. The Balaban J connectivity index is 3.45. The fourth-order valence-corrected chi connectivity index (χ4v) is 1.20. The fraction of sp³-hybridized carbons (Fsp3) is 1.00. The van der Waals surface area contributed by atoms with Crippen molar-refractivity contribution in [3.05, 3.63) is 0 Å². The topological polar surface area (TPSA) is 32.7 Å². The fourth-order valence-electron chi connectivity index (χ4n) is 1.10. The van der Waals surface area contributed by atoms with Gasteiger partial charge in [-0.05, 0) is 13.8 Å². The Morgan fingerprint density at radius 3 is 2.46 bits per heavy atom. The second-order valence-corrected chi connectivity index (χ2v) is 3.53. The summed E-state index contributed by atoms with van der Waals surface area (Å²) < 4.78 is 5.25. The van der Waals surface area contributed by atoms with Gasteiger partial charge < -0.3 is 9.84 Å². The maximum Gasteiger partial charge on any atom is 0.0602 e. The van der Waals surface area contributed by atoms with Crippen LogP contribution in [-0.4, -0.2) is 54.8 Å². The van der Waals surface area contributed by atoms with Gasteiger partial charge >= 0.3 is 0 Å². The van der Waals surface area contributed by atoms with Gasteiger partial charge in [-0.25, -0.2) is 0 Å². The van der Waals surface area contributed by atoms with E-state index >= 15 is 0 Å². The molecule has 3 nitrogen and oxygen atoms in total. The summed E-state index contributed by atoms with van der Waals surface area (Å²) in [5.41, 5.74) is 0. The molecule has 4 heteroatoms. The summed E-state index contributed by atoms with van der Waals surface area (Å²) in [5.74, 6) is 0.543. The average Bonchev–Trinajstić information content (AvgIpc) is 2.10. The van der Waals surface area contributed by atoms with E-state index < -0.39 is 0 Å². The molecular weight excluding hydrogens is 190 g/mol. The molecular formula is C9H20ClNO2. The highest BCUT2D eigenvalue weighted by Crippen LogP contribution is 1.96. The van der Waals surface area contributed by atoms with E-state index in [-0.39, 0.29) is 6.61 Å². The molecule has 13 heavy (non-hydrogen) atoms. The minimum Gasteiger partial charge on any atom is -0.395 e. The van der Waals surface area contributed by atoms with Crippen LogP contribution in [0.4, 0.5) is 0 Å². The predicted molar refractivity (Wildman–Crippen MR) is 55.3 cm³/mol. The summed E-state index contributed by atoms with van der Waals surface area (Å²) in [6.07, 6.45) is 0. The van der Waals surface area contributed by atoms with E-state index in [1.54, 1.807) is 0 Å². The normalized spacial score (nSPS) is 11.5. The minimum absolute atomic E-state index is 0.202. The van der Waals surface area contributed by atoms with E-state index in [1.807, 2.05) is 0 Å². The van der Waals surface area contributed by atoms with E-state index in [2.05, 4.69) is 18.7 Å². The Morgan fingerprint density at radius 2 is 2.00 bits per heavy atom. The molecule has 0 fully saturated rings. The van der Waals surface area contributed by atoms with Gasteiger partial charge in [-0.3, -0.25) is 4.90 Å². The summed E-state index contributed by atoms with van der Waals surface area (Å²) in [6.45, 7) is 7.27. The summed E-state index contributed by atoms with van der Waals surface area (Å²) in [7, 11) is 0. The molecule has 80 valence electrons. The number of aliphatic hydroxyl groups excluding tert-OH is 1. The molecule has 1 N–H and O–H groups in total. The Labute approximate surface area is 85.6 Å². The highest BCUT2D eigenvalue weighted by molar-refractivity contribution is 6.17. The molecule has 0 aliphatic heterocycles. The van der Waals surface area contributed by atoms with Crippen LogP contribution in [0.15, 0.2) is 0 Å². The minimum atomic E-state index is 0.202. The molecule has 0 aromatic carbocycles. The van der Waals surface area contributed by atoms with Crippen LogP contribution in [0, 0.1) is 0 Å². The molecule has 0 saturated carbocycles. The number of rotatable bonds is 8. The van der Waals surface area contributed by atoms with Crippen LogP contribution in [0.2, 0.25) is 0 Å². The first-order chi connectivity index (χ1) is 6.22. The van der Waals surface area contributed by atoms with Crippen molar-refractivity contribution in [2.75, 3.05) is 38.8 Å². The third kappa shape index (κ3) is 7.26. The Bertz CT molecular complexity index is 112. The second kappa shape index (κ2) is 8.75. The highest BCUT2D eigenvalue weighted by Gasteiger charge is 2.07. The number of hydrogen-bond donors (Lipinski definition) is 1. The van der Waals surface area contributed by atoms with Crippen LogP contribution < -0.4 is 0 Å². The van der Waals surface area contributed by atoms with E-state index in [9.17, 15) is 0 Å². The van der Waals surface area contributed by atoms with Crippen molar-refractivity contribution in [2.45, 2.75) is 19.9 Å². The number of halogens is 1. The molecule has 0 unspecified atom stereocenters. The average molecular weight is 210 g/mol. The smallest absolute Gasteiger partial charge is 0.0602 e. The molecule has 0 atom stereocenters. The van der Waals surface area contributed by atoms with Gasteiger partial charge in [0.2, 0.25) is 0 Å². The van der Waals surface area contributed by atoms with Crippen molar-refractivity contribution >= 4 is 11.6 Å². The zero-order valence-corrected chi connectivity index (χ0v) is 9.26. The Hall–Kier alpha value is 0.170. The summed E-state index contributed by atoms with van der Waals surface area (Å²) in [6, 6.07) is 0.451. The molecule has 0 saturated heterocycles. The molecule has 0 rings (SSSR count). The first kappa shape index (κ1) is 13.2. The second-order valence-electron chi connectivity index (χ2n) is 3.15. The van der Waals surface area contributed by atoms with Crippen LogP contribution in [0.5, 0.6) is 0 Å². The lowest BCUT2D eigenvalue weighted by Crippen LogP contribution is -2.36. The van der Waals surface area contributed by atoms with Gasteiger partial charge in [0.15, 0.2) is 0 Å². The van der Waals surface area contributed by atoms with E-state index in [0.717, 1.165) is 6.54 Å². The maximum atomic E-state index is 8.78. The van der Waals surface area contributed by atoms with Crippen LogP contribution in [0.25, 0.3) is 0 Å². The van der Waals surface area contributed by atoms with Gasteiger partial charge in [0.05, 0.1) is 19.8 Å². The highest BCUT2D eigenvalue weighted by atomic mass is 35.5. The first-order valence-corrected chi connectivity index (χ1v) is 5.24. The van der Waals surface area contributed by atoms with E-state index in [1.165, 1.54) is 0 Å². The molecule has 0 aliphatic carbocycles. The van der Waals surface area contributed by atoms with Crippen molar-refractivity contribution in [3.63, 3.8) is 0 Å². The van der Waals surface area contributed by atoms with Gasteiger partial charge in [0.25, 0.3) is 0 Å².